The molecular formula is C19H19ClN2O4. The summed E-state index contributed by atoms with van der Waals surface area (Å²) in [4.78, 5) is 14.8. The number of hydrogen-bond donors (Lipinski definition) is 3. The number of para-hydroxylation sites is 1. The molecule has 2 atom stereocenters. The van der Waals surface area contributed by atoms with Crippen LogP contribution in [0, 0.1) is 0 Å². The second-order valence-corrected chi connectivity index (χ2v) is 6.96. The summed E-state index contributed by atoms with van der Waals surface area (Å²) in [5, 5.41) is 23.1. The van der Waals surface area contributed by atoms with Crippen LogP contribution in [0.4, 0.5) is 5.69 Å². The minimum atomic E-state index is -0.523. The normalized spacial score (nSPS) is 22.2. The lowest BCUT2D eigenvalue weighted by Crippen LogP contribution is -2.46. The van der Waals surface area contributed by atoms with Crippen LogP contribution in [-0.4, -0.2) is 40.3 Å². The molecule has 136 valence electrons. The van der Waals surface area contributed by atoms with Gasteiger partial charge in [0.05, 0.1) is 16.7 Å². The number of hydrogen-bond acceptors (Lipinski definition) is 5. The number of phenols is 2. The molecule has 0 bridgehead atoms. The molecule has 1 fully saturated rings. The summed E-state index contributed by atoms with van der Waals surface area (Å²) in [6.45, 7) is 1.14. The number of anilines is 1. The monoisotopic (exact) mass is 374 g/mol. The molecule has 6 nitrogen and oxygen atoms in total. The number of benzene rings is 2. The number of phenolic OH excluding ortho intramolecular Hbond substituents is 2. The number of rotatable bonds is 3. The van der Waals surface area contributed by atoms with Crippen molar-refractivity contribution in [3.63, 3.8) is 0 Å². The number of fused-ring (bicyclic) bond motifs is 1. The number of carbonyl (C=O) groups is 1. The minimum absolute atomic E-state index is 0.0188. The quantitative estimate of drug-likeness (QED) is 0.716. The molecule has 0 aromatic heterocycles. The molecule has 0 spiro atoms. The number of ether oxygens (including phenoxy) is 1. The number of nitrogens with one attached hydrogen (secondary N) is 1. The smallest absolute Gasteiger partial charge is 0.257 e. The van der Waals surface area contributed by atoms with Gasteiger partial charge in [0.25, 0.3) is 5.91 Å². The summed E-state index contributed by atoms with van der Waals surface area (Å²) < 4.78 is 5.71. The summed E-state index contributed by atoms with van der Waals surface area (Å²) in [6.07, 6.45) is 1.34. The highest BCUT2D eigenvalue weighted by atomic mass is 35.5. The maximum atomic E-state index is 13.1. The van der Waals surface area contributed by atoms with Crippen LogP contribution in [0.5, 0.6) is 11.5 Å². The van der Waals surface area contributed by atoms with Crippen molar-refractivity contribution in [1.29, 1.82) is 0 Å². The first-order chi connectivity index (χ1) is 12.5. The topological polar surface area (TPSA) is 82.0 Å². The van der Waals surface area contributed by atoms with Crippen LogP contribution in [0.25, 0.3) is 0 Å². The maximum Gasteiger partial charge on any atom is 0.257 e. The van der Waals surface area contributed by atoms with Gasteiger partial charge in [-0.05, 0) is 37.1 Å². The molecule has 0 unspecified atom stereocenters. The molecule has 3 N–H and O–H groups in total. The van der Waals surface area contributed by atoms with Crippen LogP contribution in [0.2, 0.25) is 5.02 Å². The molecule has 2 aliphatic rings. The average Bonchev–Trinajstić information content (AvgIpc) is 3.15. The van der Waals surface area contributed by atoms with E-state index < -0.39 is 6.17 Å². The molecule has 7 heteroatoms. The second kappa shape index (κ2) is 6.70. The molecule has 2 heterocycles. The van der Waals surface area contributed by atoms with E-state index in [1.54, 1.807) is 17.0 Å². The van der Waals surface area contributed by atoms with Crippen molar-refractivity contribution in [1.82, 2.24) is 4.90 Å². The van der Waals surface area contributed by atoms with Crippen molar-refractivity contribution in [3.05, 3.63) is 52.5 Å². The predicted molar refractivity (Wildman–Crippen MR) is 97.6 cm³/mol. The first-order valence-corrected chi connectivity index (χ1v) is 8.92. The summed E-state index contributed by atoms with van der Waals surface area (Å²) in [5.41, 5.74) is 1.90. The largest absolute Gasteiger partial charge is 0.504 e. The molecule has 1 amide bonds. The zero-order chi connectivity index (χ0) is 18.3. The summed E-state index contributed by atoms with van der Waals surface area (Å²) in [5.74, 6) is -0.801. The third-order valence-corrected chi connectivity index (χ3v) is 5.12. The Balaban J connectivity index is 1.75. The lowest BCUT2D eigenvalue weighted by Gasteiger charge is -2.39. The van der Waals surface area contributed by atoms with Gasteiger partial charge in [-0.1, -0.05) is 23.7 Å². The molecule has 2 aromatic carbocycles. The maximum absolute atomic E-state index is 13.1. The van der Waals surface area contributed by atoms with Gasteiger partial charge in [0.2, 0.25) is 0 Å². The molecule has 2 aliphatic heterocycles. The van der Waals surface area contributed by atoms with E-state index in [9.17, 15) is 15.0 Å². The fraction of sp³-hybridized carbons (Fsp3) is 0.316. The van der Waals surface area contributed by atoms with Crippen LogP contribution in [0.3, 0.4) is 0 Å². The van der Waals surface area contributed by atoms with Gasteiger partial charge in [-0.3, -0.25) is 4.79 Å². The first kappa shape index (κ1) is 17.0. The lowest BCUT2D eigenvalue weighted by atomic mass is 10.0. The third kappa shape index (κ3) is 2.95. The standard InChI is InChI=1S/C19H19ClN2O4/c20-14-8-11(9-16(23)17(14)24)18-21-15-6-2-1-5-13(15)19(25)22(18)10-12-4-3-7-26-12/h1-2,5-6,8-9,12,18,21,23-24H,3-4,7,10H2/t12-,18-/m0/s1. The highest BCUT2D eigenvalue weighted by molar-refractivity contribution is 6.32. The molecule has 0 aliphatic carbocycles. The van der Waals surface area contributed by atoms with Gasteiger partial charge < -0.3 is 25.2 Å². The number of aromatic hydroxyl groups is 2. The van der Waals surface area contributed by atoms with Crippen molar-refractivity contribution in [2.24, 2.45) is 0 Å². The van der Waals surface area contributed by atoms with Crippen LogP contribution in [0.15, 0.2) is 36.4 Å². The number of amides is 1. The van der Waals surface area contributed by atoms with E-state index in [1.165, 1.54) is 6.07 Å². The Morgan fingerprint density at radius 1 is 1.27 bits per heavy atom. The number of nitrogens with zero attached hydrogens (tertiary/aromatic N) is 1. The second-order valence-electron chi connectivity index (χ2n) is 6.56. The fourth-order valence-corrected chi connectivity index (χ4v) is 3.74. The summed E-state index contributed by atoms with van der Waals surface area (Å²) in [6, 6.07) is 10.3. The molecule has 26 heavy (non-hydrogen) atoms. The Morgan fingerprint density at radius 3 is 2.81 bits per heavy atom. The van der Waals surface area contributed by atoms with Crippen molar-refractivity contribution in [2.45, 2.75) is 25.1 Å². The Morgan fingerprint density at radius 2 is 2.08 bits per heavy atom. The predicted octanol–water partition coefficient (Wildman–Crippen LogP) is 3.50. The van der Waals surface area contributed by atoms with E-state index in [0.717, 1.165) is 18.5 Å². The van der Waals surface area contributed by atoms with Crippen molar-refractivity contribution >= 4 is 23.2 Å². The van der Waals surface area contributed by atoms with Gasteiger partial charge in [-0.15, -0.1) is 0 Å². The molecule has 1 saturated heterocycles. The molecule has 2 aromatic rings. The van der Waals surface area contributed by atoms with Gasteiger partial charge in [0.1, 0.15) is 6.17 Å². The van der Waals surface area contributed by atoms with Crippen LogP contribution < -0.4 is 5.32 Å². The Labute approximate surface area is 156 Å². The summed E-state index contributed by atoms with van der Waals surface area (Å²) >= 11 is 6.03. The van der Waals surface area contributed by atoms with E-state index in [-0.39, 0.29) is 28.5 Å². The van der Waals surface area contributed by atoms with Gasteiger partial charge in [-0.2, -0.15) is 0 Å². The van der Waals surface area contributed by atoms with Gasteiger partial charge in [-0.25, -0.2) is 0 Å². The van der Waals surface area contributed by atoms with Crippen LogP contribution >= 0.6 is 11.6 Å². The van der Waals surface area contributed by atoms with Crippen LogP contribution in [0.1, 0.15) is 34.9 Å². The fourth-order valence-electron chi connectivity index (χ4n) is 3.51. The molecule has 0 radical (unpaired) electrons. The van der Waals surface area contributed by atoms with Crippen LogP contribution in [-0.2, 0) is 4.74 Å². The van der Waals surface area contributed by atoms with E-state index in [2.05, 4.69) is 5.32 Å². The highest BCUT2D eigenvalue weighted by Gasteiger charge is 2.35. The summed E-state index contributed by atoms with van der Waals surface area (Å²) in [7, 11) is 0. The van der Waals surface area contributed by atoms with Gasteiger partial charge >= 0.3 is 0 Å². The van der Waals surface area contributed by atoms with E-state index in [0.29, 0.717) is 24.3 Å². The minimum Gasteiger partial charge on any atom is -0.504 e. The Kier molecular flexibility index (Phi) is 4.38. The highest BCUT2D eigenvalue weighted by Crippen LogP contribution is 2.40. The van der Waals surface area contributed by atoms with Crippen molar-refractivity contribution in [2.75, 3.05) is 18.5 Å². The lowest BCUT2D eigenvalue weighted by molar-refractivity contribution is 0.0426. The third-order valence-electron chi connectivity index (χ3n) is 4.83. The number of carbonyl (C=O) groups excluding carboxylic acids is 1. The zero-order valence-corrected chi connectivity index (χ0v) is 14.7. The number of halogens is 1. The first-order valence-electron chi connectivity index (χ1n) is 8.54. The molecule has 0 saturated carbocycles. The van der Waals surface area contributed by atoms with E-state index in [4.69, 9.17) is 16.3 Å². The Bertz CT molecular complexity index is 828. The Hall–Kier alpha value is -2.44. The van der Waals surface area contributed by atoms with Gasteiger partial charge in [0, 0.05) is 24.4 Å². The SMILES string of the molecule is O=C1c2ccccc2N[C@H](c2cc(O)c(O)c(Cl)c2)N1C[C@@H]1CCCO1. The zero-order valence-electron chi connectivity index (χ0n) is 14.0. The average molecular weight is 375 g/mol. The molecular weight excluding hydrogens is 356 g/mol. The van der Waals surface area contributed by atoms with Gasteiger partial charge in [0.15, 0.2) is 11.5 Å². The van der Waals surface area contributed by atoms with Crippen molar-refractivity contribution < 1.29 is 19.7 Å². The van der Waals surface area contributed by atoms with E-state index in [1.807, 2.05) is 18.2 Å². The van der Waals surface area contributed by atoms with E-state index >= 15 is 0 Å². The van der Waals surface area contributed by atoms with Crippen molar-refractivity contribution in [3.8, 4) is 11.5 Å². The molecule has 4 rings (SSSR count).